The molecule has 0 aromatic heterocycles. The summed E-state index contributed by atoms with van der Waals surface area (Å²) in [5, 5.41) is 5.75. The largest absolute Gasteiger partial charge is 0.356 e. The van der Waals surface area contributed by atoms with Crippen LogP contribution in [-0.4, -0.2) is 24.9 Å². The van der Waals surface area contributed by atoms with Crippen molar-refractivity contribution in [2.24, 2.45) is 11.7 Å². The standard InChI is InChI=1S/C16H23N3O2/c17-11-12-5-7-14(8-6-12)16(21)19-10-2-9-18-15(20)13-3-1-4-13/h5-8,13H,1-4,9-11,17H2,(H,18,20)(H,19,21). The Labute approximate surface area is 125 Å². The van der Waals surface area contributed by atoms with E-state index in [9.17, 15) is 9.59 Å². The summed E-state index contributed by atoms with van der Waals surface area (Å²) in [7, 11) is 0. The van der Waals surface area contributed by atoms with Gasteiger partial charge in [0.05, 0.1) is 0 Å². The molecular weight excluding hydrogens is 266 g/mol. The van der Waals surface area contributed by atoms with Crippen molar-refractivity contribution in [3.63, 3.8) is 0 Å². The van der Waals surface area contributed by atoms with Crippen LogP contribution in [0.1, 0.15) is 41.6 Å². The predicted molar refractivity (Wildman–Crippen MR) is 81.6 cm³/mol. The molecule has 1 saturated carbocycles. The molecular formula is C16H23N3O2. The van der Waals surface area contributed by atoms with Crippen LogP contribution in [0.15, 0.2) is 24.3 Å². The van der Waals surface area contributed by atoms with Gasteiger partial charge in [0.2, 0.25) is 5.91 Å². The number of hydrogen-bond acceptors (Lipinski definition) is 3. The lowest BCUT2D eigenvalue weighted by Gasteiger charge is -2.23. The minimum Gasteiger partial charge on any atom is -0.356 e. The first-order chi connectivity index (χ1) is 10.2. The van der Waals surface area contributed by atoms with Crippen molar-refractivity contribution in [1.82, 2.24) is 10.6 Å². The molecule has 0 saturated heterocycles. The van der Waals surface area contributed by atoms with Crippen LogP contribution in [0.4, 0.5) is 0 Å². The number of carbonyl (C=O) groups excluding carboxylic acids is 2. The van der Waals surface area contributed by atoms with Crippen molar-refractivity contribution in [2.75, 3.05) is 13.1 Å². The molecule has 0 heterocycles. The van der Waals surface area contributed by atoms with E-state index in [1.165, 1.54) is 0 Å². The zero-order chi connectivity index (χ0) is 15.1. The Kier molecular flexibility index (Phi) is 5.75. The topological polar surface area (TPSA) is 84.2 Å². The number of hydrogen-bond donors (Lipinski definition) is 3. The molecule has 5 nitrogen and oxygen atoms in total. The van der Waals surface area contributed by atoms with Crippen LogP contribution >= 0.6 is 0 Å². The van der Waals surface area contributed by atoms with Crippen molar-refractivity contribution in [3.05, 3.63) is 35.4 Å². The summed E-state index contributed by atoms with van der Waals surface area (Å²) < 4.78 is 0. The summed E-state index contributed by atoms with van der Waals surface area (Å²) in [4.78, 5) is 23.5. The average molecular weight is 289 g/mol. The van der Waals surface area contributed by atoms with E-state index in [1.54, 1.807) is 12.1 Å². The van der Waals surface area contributed by atoms with E-state index in [4.69, 9.17) is 5.73 Å². The van der Waals surface area contributed by atoms with Crippen molar-refractivity contribution < 1.29 is 9.59 Å². The molecule has 2 amide bonds. The lowest BCUT2D eigenvalue weighted by molar-refractivity contribution is -0.127. The van der Waals surface area contributed by atoms with E-state index in [0.717, 1.165) is 31.2 Å². The van der Waals surface area contributed by atoms with Gasteiger partial charge in [-0.2, -0.15) is 0 Å². The fourth-order valence-electron chi connectivity index (χ4n) is 2.21. The molecule has 0 radical (unpaired) electrons. The van der Waals surface area contributed by atoms with Crippen molar-refractivity contribution >= 4 is 11.8 Å². The summed E-state index contributed by atoms with van der Waals surface area (Å²) >= 11 is 0. The molecule has 1 aliphatic carbocycles. The van der Waals surface area contributed by atoms with E-state index in [-0.39, 0.29) is 17.7 Å². The van der Waals surface area contributed by atoms with Crippen molar-refractivity contribution in [3.8, 4) is 0 Å². The average Bonchev–Trinajstić information content (AvgIpc) is 2.45. The molecule has 0 unspecified atom stereocenters. The molecule has 1 fully saturated rings. The molecule has 1 aromatic rings. The van der Waals surface area contributed by atoms with Gasteiger partial charge < -0.3 is 16.4 Å². The van der Waals surface area contributed by atoms with Gasteiger partial charge in [-0.1, -0.05) is 18.6 Å². The molecule has 114 valence electrons. The van der Waals surface area contributed by atoms with Crippen LogP contribution in [0.3, 0.4) is 0 Å². The molecule has 0 aliphatic heterocycles. The number of rotatable bonds is 7. The van der Waals surface area contributed by atoms with Gasteiger partial charge in [0.15, 0.2) is 0 Å². The predicted octanol–water partition coefficient (Wildman–Crippen LogP) is 1.18. The molecule has 21 heavy (non-hydrogen) atoms. The SMILES string of the molecule is NCc1ccc(C(=O)NCCCNC(=O)C2CCC2)cc1. The maximum absolute atomic E-state index is 11.9. The Balaban J connectivity index is 1.61. The number of nitrogens with two attached hydrogens (primary N) is 1. The first kappa shape index (κ1) is 15.5. The Hall–Kier alpha value is -1.88. The van der Waals surface area contributed by atoms with E-state index >= 15 is 0 Å². The van der Waals surface area contributed by atoms with Gasteiger partial charge in [-0.05, 0) is 37.0 Å². The van der Waals surface area contributed by atoms with Gasteiger partial charge in [-0.15, -0.1) is 0 Å². The number of nitrogens with one attached hydrogen (secondary N) is 2. The van der Waals surface area contributed by atoms with E-state index in [1.807, 2.05) is 12.1 Å². The molecule has 1 aliphatic rings. The lowest BCUT2D eigenvalue weighted by atomic mass is 9.85. The minimum atomic E-state index is -0.0936. The van der Waals surface area contributed by atoms with Crippen molar-refractivity contribution in [1.29, 1.82) is 0 Å². The van der Waals surface area contributed by atoms with Gasteiger partial charge in [0, 0.05) is 31.1 Å². The molecule has 5 heteroatoms. The first-order valence-electron chi connectivity index (χ1n) is 7.55. The van der Waals surface area contributed by atoms with Crippen LogP contribution in [-0.2, 0) is 11.3 Å². The molecule has 0 bridgehead atoms. The highest BCUT2D eigenvalue weighted by Crippen LogP contribution is 2.25. The molecule has 1 aromatic carbocycles. The molecule has 0 atom stereocenters. The fraction of sp³-hybridized carbons (Fsp3) is 0.500. The first-order valence-corrected chi connectivity index (χ1v) is 7.55. The van der Waals surface area contributed by atoms with Crippen LogP contribution in [0, 0.1) is 5.92 Å². The zero-order valence-corrected chi connectivity index (χ0v) is 12.2. The second-order valence-corrected chi connectivity index (χ2v) is 5.43. The summed E-state index contributed by atoms with van der Waals surface area (Å²) in [6.07, 6.45) is 3.94. The summed E-state index contributed by atoms with van der Waals surface area (Å²) in [6.45, 7) is 1.65. The highest BCUT2D eigenvalue weighted by molar-refractivity contribution is 5.94. The van der Waals surface area contributed by atoms with Crippen LogP contribution in [0.25, 0.3) is 0 Å². The molecule has 0 spiro atoms. The van der Waals surface area contributed by atoms with Crippen LogP contribution < -0.4 is 16.4 Å². The third kappa shape index (κ3) is 4.56. The lowest BCUT2D eigenvalue weighted by Crippen LogP contribution is -2.36. The number of amides is 2. The van der Waals surface area contributed by atoms with Gasteiger partial charge in [-0.25, -0.2) is 0 Å². The zero-order valence-electron chi connectivity index (χ0n) is 12.2. The Morgan fingerprint density at radius 3 is 2.33 bits per heavy atom. The monoisotopic (exact) mass is 289 g/mol. The van der Waals surface area contributed by atoms with Gasteiger partial charge in [-0.3, -0.25) is 9.59 Å². The fourth-order valence-corrected chi connectivity index (χ4v) is 2.21. The van der Waals surface area contributed by atoms with Gasteiger partial charge in [0.1, 0.15) is 0 Å². The smallest absolute Gasteiger partial charge is 0.251 e. The molecule has 2 rings (SSSR count). The minimum absolute atomic E-state index is 0.0936. The second-order valence-electron chi connectivity index (χ2n) is 5.43. The quantitative estimate of drug-likeness (QED) is 0.659. The third-order valence-electron chi connectivity index (χ3n) is 3.87. The van der Waals surface area contributed by atoms with Gasteiger partial charge >= 0.3 is 0 Å². The second kappa shape index (κ2) is 7.78. The van der Waals surface area contributed by atoms with Gasteiger partial charge in [0.25, 0.3) is 5.91 Å². The van der Waals surface area contributed by atoms with Crippen LogP contribution in [0.5, 0.6) is 0 Å². The summed E-state index contributed by atoms with van der Waals surface area (Å²) in [5.41, 5.74) is 7.15. The summed E-state index contributed by atoms with van der Waals surface area (Å²) in [5.74, 6) is 0.287. The van der Waals surface area contributed by atoms with Crippen molar-refractivity contribution in [2.45, 2.75) is 32.2 Å². The van der Waals surface area contributed by atoms with E-state index in [0.29, 0.717) is 25.2 Å². The van der Waals surface area contributed by atoms with E-state index < -0.39 is 0 Å². The summed E-state index contributed by atoms with van der Waals surface area (Å²) in [6, 6.07) is 7.26. The maximum Gasteiger partial charge on any atom is 0.251 e. The Morgan fingerprint density at radius 1 is 1.10 bits per heavy atom. The van der Waals surface area contributed by atoms with Crippen LogP contribution in [0.2, 0.25) is 0 Å². The van der Waals surface area contributed by atoms with E-state index in [2.05, 4.69) is 10.6 Å². The highest BCUT2D eigenvalue weighted by Gasteiger charge is 2.24. The highest BCUT2D eigenvalue weighted by atomic mass is 16.2. The Morgan fingerprint density at radius 2 is 1.76 bits per heavy atom. The number of benzene rings is 1. The molecule has 4 N–H and O–H groups in total. The third-order valence-corrected chi connectivity index (χ3v) is 3.87. The Bertz CT molecular complexity index is 481. The number of carbonyl (C=O) groups is 2. The maximum atomic E-state index is 11.9. The normalized spacial score (nSPS) is 14.3.